The number of ether oxygens (including phenoxy) is 2. The molecule has 2 aliphatic rings. The van der Waals surface area contributed by atoms with Crippen molar-refractivity contribution in [1.29, 1.82) is 0 Å². The fraction of sp³-hybridized carbons (Fsp3) is 0.429. The Balaban J connectivity index is 1.62. The van der Waals surface area contributed by atoms with E-state index in [0.29, 0.717) is 25.2 Å². The fourth-order valence-corrected chi connectivity index (χ4v) is 5.07. The Morgan fingerprint density at radius 3 is 2.63 bits per heavy atom. The molecule has 2 aromatic rings. The number of aliphatic hydroxyl groups excluding tert-OH is 1. The van der Waals surface area contributed by atoms with Crippen LogP contribution in [0, 0.1) is 17.6 Å². The summed E-state index contributed by atoms with van der Waals surface area (Å²) in [7, 11) is 1.59. The summed E-state index contributed by atoms with van der Waals surface area (Å²) in [6.07, 6.45) is 3.49. The Morgan fingerprint density at radius 1 is 1.16 bits per heavy atom. The van der Waals surface area contributed by atoms with Crippen LogP contribution in [-0.4, -0.2) is 49.3 Å². The number of benzene rings is 2. The van der Waals surface area contributed by atoms with E-state index in [9.17, 15) is 23.5 Å². The number of β-amino-alcohol motifs (C(OH)–C–C–N with tert-alkyl or cyclic N) is 1. The molecule has 0 unspecified atom stereocenters. The van der Waals surface area contributed by atoms with E-state index in [1.807, 2.05) is 30.4 Å². The lowest BCUT2D eigenvalue weighted by atomic mass is 9.97. The van der Waals surface area contributed by atoms with Gasteiger partial charge in [-0.05, 0) is 66.6 Å². The number of primary amides is 1. The summed E-state index contributed by atoms with van der Waals surface area (Å²) in [4.78, 5) is 25.1. The quantitative estimate of drug-likeness (QED) is 0.357. The number of aliphatic hydroxyl groups is 1. The third-order valence-corrected chi connectivity index (χ3v) is 7.05. The maximum absolute atomic E-state index is 13.9. The van der Waals surface area contributed by atoms with E-state index in [2.05, 4.69) is 10.6 Å². The number of carbonyl (C=O) groups is 2. The lowest BCUT2D eigenvalue weighted by molar-refractivity contribution is -0.134. The zero-order valence-corrected chi connectivity index (χ0v) is 21.2. The molecule has 1 aliphatic heterocycles. The third-order valence-electron chi connectivity index (χ3n) is 7.05. The van der Waals surface area contributed by atoms with E-state index in [0.717, 1.165) is 29.3 Å². The van der Waals surface area contributed by atoms with Crippen LogP contribution in [0.2, 0.25) is 0 Å². The van der Waals surface area contributed by atoms with Crippen molar-refractivity contribution in [2.45, 2.75) is 50.0 Å². The SMILES string of the molecule is COc1ccc2c(c1)[C@@H]1C[C@H]2OC/C=C/CC[C@@H](C(N)=O)C(=O)N[C@@H](Cc2cc(F)cc(F)c2)[C@H](O)CN1. The summed E-state index contributed by atoms with van der Waals surface area (Å²) in [6, 6.07) is 7.70. The van der Waals surface area contributed by atoms with E-state index >= 15 is 0 Å². The number of fused-ring (bicyclic) bond motifs is 5. The van der Waals surface area contributed by atoms with Gasteiger partial charge in [-0.15, -0.1) is 0 Å². The van der Waals surface area contributed by atoms with Crippen LogP contribution >= 0.6 is 0 Å². The summed E-state index contributed by atoms with van der Waals surface area (Å²) in [5, 5.41) is 17.2. The van der Waals surface area contributed by atoms with Crippen LogP contribution in [0.5, 0.6) is 5.75 Å². The maximum Gasteiger partial charge on any atom is 0.232 e. The number of allylic oxidation sites excluding steroid dienone is 1. The Morgan fingerprint density at radius 2 is 1.92 bits per heavy atom. The van der Waals surface area contributed by atoms with E-state index in [4.69, 9.17) is 15.2 Å². The zero-order chi connectivity index (χ0) is 27.2. The third kappa shape index (κ3) is 6.75. The zero-order valence-electron chi connectivity index (χ0n) is 21.2. The highest BCUT2D eigenvalue weighted by molar-refractivity contribution is 5.99. The van der Waals surface area contributed by atoms with E-state index in [1.54, 1.807) is 7.11 Å². The topological polar surface area (TPSA) is 123 Å². The molecule has 2 aromatic carbocycles. The first kappa shape index (κ1) is 27.7. The summed E-state index contributed by atoms with van der Waals surface area (Å²) in [5.41, 5.74) is 7.75. The Kier molecular flexibility index (Phi) is 9.09. The number of nitrogens with two attached hydrogens (primary N) is 1. The molecule has 1 aliphatic carbocycles. The smallest absolute Gasteiger partial charge is 0.232 e. The van der Waals surface area contributed by atoms with Gasteiger partial charge >= 0.3 is 0 Å². The van der Waals surface area contributed by atoms with Crippen LogP contribution in [0.25, 0.3) is 0 Å². The normalized spacial score (nSPS) is 27.3. The van der Waals surface area contributed by atoms with Gasteiger partial charge in [0.05, 0.1) is 32.0 Å². The molecule has 0 saturated heterocycles. The van der Waals surface area contributed by atoms with Gasteiger partial charge in [0, 0.05) is 18.7 Å². The van der Waals surface area contributed by atoms with Crippen LogP contribution < -0.4 is 21.1 Å². The summed E-state index contributed by atoms with van der Waals surface area (Å²) >= 11 is 0. The second-order valence-electron chi connectivity index (χ2n) is 9.68. The number of hydrogen-bond acceptors (Lipinski definition) is 6. The molecule has 0 saturated carbocycles. The van der Waals surface area contributed by atoms with Gasteiger partial charge in [-0.2, -0.15) is 0 Å². The number of hydrogen-bond donors (Lipinski definition) is 4. The molecule has 2 amide bonds. The first-order valence-corrected chi connectivity index (χ1v) is 12.7. The van der Waals surface area contributed by atoms with Crippen LogP contribution in [-0.2, 0) is 20.7 Å². The van der Waals surface area contributed by atoms with Crippen molar-refractivity contribution in [3.05, 3.63) is 76.9 Å². The second kappa shape index (κ2) is 12.5. The molecule has 4 rings (SSSR count). The van der Waals surface area contributed by atoms with Crippen molar-refractivity contribution >= 4 is 11.8 Å². The van der Waals surface area contributed by atoms with Crippen molar-refractivity contribution < 1.29 is 33.0 Å². The van der Waals surface area contributed by atoms with Crippen molar-refractivity contribution in [3.63, 3.8) is 0 Å². The molecule has 8 nitrogen and oxygen atoms in total. The molecule has 38 heavy (non-hydrogen) atoms. The molecule has 5 atom stereocenters. The van der Waals surface area contributed by atoms with Gasteiger partial charge in [0.25, 0.3) is 0 Å². The fourth-order valence-electron chi connectivity index (χ4n) is 5.07. The van der Waals surface area contributed by atoms with Crippen molar-refractivity contribution in [2.24, 2.45) is 11.7 Å². The molecular formula is C28H33F2N3O5. The van der Waals surface area contributed by atoms with Gasteiger partial charge in [0.15, 0.2) is 0 Å². The Hall–Kier alpha value is -3.34. The largest absolute Gasteiger partial charge is 0.497 e. The predicted octanol–water partition coefficient (Wildman–Crippen LogP) is 2.61. The molecule has 0 fully saturated rings. The Labute approximate surface area is 220 Å². The van der Waals surface area contributed by atoms with Crippen LogP contribution in [0.15, 0.2) is 48.6 Å². The number of amides is 2. The average Bonchev–Trinajstić information content (AvgIpc) is 3.21. The number of carbonyl (C=O) groups excluding carboxylic acids is 2. The standard InChI is InChI=1S/C28H33F2N3O5/c1-37-19-6-7-20-22(13-19)23-14-26(20)38-8-4-2-3-5-21(27(31)35)28(36)33-24(25(34)15-32-23)11-16-9-17(29)12-18(30)10-16/h2,4,6-7,9-10,12-13,21,23-26,32,34H,3,5,8,11,14-15H2,1H3,(H2,31,35)(H,33,36)/b4-2+/t21-,23-,24-,25+,26+/m0/s1. The summed E-state index contributed by atoms with van der Waals surface area (Å²) < 4.78 is 39.2. The van der Waals surface area contributed by atoms with E-state index in [1.165, 1.54) is 0 Å². The van der Waals surface area contributed by atoms with Crippen molar-refractivity contribution in [3.8, 4) is 5.75 Å². The number of halogens is 2. The minimum Gasteiger partial charge on any atom is -0.497 e. The molecule has 204 valence electrons. The summed E-state index contributed by atoms with van der Waals surface area (Å²) in [6.45, 7) is 0.406. The monoisotopic (exact) mass is 529 g/mol. The molecular weight excluding hydrogens is 496 g/mol. The first-order chi connectivity index (χ1) is 18.2. The highest BCUT2D eigenvalue weighted by Gasteiger charge is 2.34. The van der Waals surface area contributed by atoms with Crippen LogP contribution in [0.3, 0.4) is 0 Å². The minimum absolute atomic E-state index is 0.0535. The van der Waals surface area contributed by atoms with Gasteiger partial charge in [0.2, 0.25) is 11.8 Å². The molecule has 0 spiro atoms. The molecule has 10 heteroatoms. The lowest BCUT2D eigenvalue weighted by Crippen LogP contribution is -2.52. The Bertz CT molecular complexity index is 1170. The van der Waals surface area contributed by atoms with E-state index in [-0.39, 0.29) is 37.1 Å². The maximum atomic E-state index is 13.9. The second-order valence-corrected chi connectivity index (χ2v) is 9.68. The van der Waals surface area contributed by atoms with Crippen molar-refractivity contribution in [1.82, 2.24) is 10.6 Å². The molecule has 5 N–H and O–H groups in total. The highest BCUT2D eigenvalue weighted by Crippen LogP contribution is 2.42. The summed E-state index contributed by atoms with van der Waals surface area (Å²) in [5.74, 6) is -3.41. The molecule has 2 bridgehead atoms. The average molecular weight is 530 g/mol. The van der Waals surface area contributed by atoms with Crippen LogP contribution in [0.4, 0.5) is 8.78 Å². The number of nitrogens with one attached hydrogen (secondary N) is 2. The number of rotatable bonds is 4. The number of methoxy groups -OCH3 is 1. The van der Waals surface area contributed by atoms with Gasteiger partial charge in [-0.1, -0.05) is 18.2 Å². The predicted molar refractivity (Wildman–Crippen MR) is 136 cm³/mol. The van der Waals surface area contributed by atoms with Gasteiger partial charge in [-0.3, -0.25) is 9.59 Å². The van der Waals surface area contributed by atoms with Gasteiger partial charge in [-0.25, -0.2) is 8.78 Å². The molecule has 0 aromatic heterocycles. The minimum atomic E-state index is -1.15. The van der Waals surface area contributed by atoms with Gasteiger partial charge < -0.3 is 30.9 Å². The van der Waals surface area contributed by atoms with Gasteiger partial charge in [0.1, 0.15) is 23.3 Å². The highest BCUT2D eigenvalue weighted by atomic mass is 19.1. The molecule has 0 radical (unpaired) electrons. The lowest BCUT2D eigenvalue weighted by Gasteiger charge is -2.28. The van der Waals surface area contributed by atoms with E-state index < -0.39 is 41.5 Å². The van der Waals surface area contributed by atoms with Crippen molar-refractivity contribution in [2.75, 3.05) is 20.3 Å². The molecule has 1 heterocycles. The van der Waals surface area contributed by atoms with Crippen LogP contribution in [0.1, 0.15) is 48.1 Å². The first-order valence-electron chi connectivity index (χ1n) is 12.7.